The number of carbonyl (C=O) groups is 1. The minimum atomic E-state index is -0.843. The lowest BCUT2D eigenvalue weighted by atomic mass is 9.95. The van der Waals surface area contributed by atoms with Crippen LogP contribution in [0.4, 0.5) is 14.5 Å². The van der Waals surface area contributed by atoms with Crippen LogP contribution in [0.15, 0.2) is 12.1 Å². The van der Waals surface area contributed by atoms with Gasteiger partial charge in [0.2, 0.25) is 5.91 Å². The van der Waals surface area contributed by atoms with E-state index in [2.05, 4.69) is 5.32 Å². The normalized spacial score (nSPS) is 21.8. The molecule has 0 unspecified atom stereocenters. The molecule has 0 bridgehead atoms. The predicted octanol–water partition coefficient (Wildman–Crippen LogP) is 2.29. The summed E-state index contributed by atoms with van der Waals surface area (Å²) in [7, 11) is 1.27. The van der Waals surface area contributed by atoms with E-state index < -0.39 is 11.6 Å². The highest BCUT2D eigenvalue weighted by Gasteiger charge is 2.32. The van der Waals surface area contributed by atoms with E-state index in [9.17, 15) is 13.6 Å². The molecule has 3 N–H and O–H groups in total. The lowest BCUT2D eigenvalue weighted by molar-refractivity contribution is -0.120. The molecule has 0 spiro atoms. The highest BCUT2D eigenvalue weighted by Crippen LogP contribution is 2.34. The van der Waals surface area contributed by atoms with E-state index in [1.807, 2.05) is 0 Å². The van der Waals surface area contributed by atoms with Crippen molar-refractivity contribution < 1.29 is 18.3 Å². The van der Waals surface area contributed by atoms with Crippen molar-refractivity contribution in [1.29, 1.82) is 0 Å². The van der Waals surface area contributed by atoms with E-state index in [4.69, 9.17) is 10.5 Å². The zero-order valence-electron chi connectivity index (χ0n) is 11.3. The smallest absolute Gasteiger partial charge is 0.227 e. The van der Waals surface area contributed by atoms with Gasteiger partial charge in [-0.25, -0.2) is 8.78 Å². The Balaban J connectivity index is 2.19. The maximum Gasteiger partial charge on any atom is 0.227 e. The van der Waals surface area contributed by atoms with Crippen LogP contribution in [-0.4, -0.2) is 19.6 Å². The molecular weight excluding hydrogens is 266 g/mol. The van der Waals surface area contributed by atoms with E-state index in [1.165, 1.54) is 7.11 Å². The van der Waals surface area contributed by atoms with Gasteiger partial charge in [-0.3, -0.25) is 4.79 Å². The van der Waals surface area contributed by atoms with E-state index in [0.29, 0.717) is 12.6 Å². The number of nitrogens with one attached hydrogen (secondary N) is 1. The van der Waals surface area contributed by atoms with Gasteiger partial charge in [-0.05, 0) is 25.3 Å². The predicted molar refractivity (Wildman–Crippen MR) is 71.4 cm³/mol. The zero-order chi connectivity index (χ0) is 14.7. The Bertz CT molecular complexity index is 508. The van der Waals surface area contributed by atoms with Crippen molar-refractivity contribution in [2.75, 3.05) is 19.0 Å². The first kappa shape index (κ1) is 14.7. The second-order valence-corrected chi connectivity index (χ2v) is 4.99. The molecule has 1 aliphatic carbocycles. The van der Waals surface area contributed by atoms with E-state index >= 15 is 0 Å². The zero-order valence-corrected chi connectivity index (χ0v) is 11.3. The summed E-state index contributed by atoms with van der Waals surface area (Å²) in [6, 6.07) is 1.76. The van der Waals surface area contributed by atoms with Gasteiger partial charge >= 0.3 is 0 Å². The van der Waals surface area contributed by atoms with Gasteiger partial charge in [-0.2, -0.15) is 0 Å². The quantitative estimate of drug-likeness (QED) is 0.891. The number of methoxy groups -OCH3 is 1. The van der Waals surface area contributed by atoms with Gasteiger partial charge in [0.15, 0.2) is 11.6 Å². The Morgan fingerprint density at radius 3 is 2.85 bits per heavy atom. The third kappa shape index (κ3) is 2.90. The fraction of sp³-hybridized carbons (Fsp3) is 0.500. The van der Waals surface area contributed by atoms with Crippen LogP contribution >= 0.6 is 0 Å². The van der Waals surface area contributed by atoms with Crippen LogP contribution in [0.2, 0.25) is 0 Å². The van der Waals surface area contributed by atoms with Gasteiger partial charge in [-0.1, -0.05) is 6.42 Å². The molecule has 0 heterocycles. The third-order valence-electron chi connectivity index (χ3n) is 3.77. The van der Waals surface area contributed by atoms with Crippen molar-refractivity contribution in [2.45, 2.75) is 19.3 Å². The minimum absolute atomic E-state index is 0.0117. The van der Waals surface area contributed by atoms with Crippen molar-refractivity contribution in [3.63, 3.8) is 0 Å². The molecule has 0 radical (unpaired) electrons. The SMILES string of the molecule is COc1c(F)cc(F)cc1NC(=O)[C@@H]1CCC[C@@H]1CN. The lowest BCUT2D eigenvalue weighted by Gasteiger charge is -2.18. The summed E-state index contributed by atoms with van der Waals surface area (Å²) >= 11 is 0. The third-order valence-corrected chi connectivity index (χ3v) is 3.77. The molecular formula is C14H18F2N2O2. The Labute approximate surface area is 116 Å². The van der Waals surface area contributed by atoms with E-state index in [0.717, 1.165) is 25.3 Å². The van der Waals surface area contributed by atoms with Crippen molar-refractivity contribution >= 4 is 11.6 Å². The monoisotopic (exact) mass is 284 g/mol. The molecule has 6 heteroatoms. The van der Waals surface area contributed by atoms with Crippen molar-refractivity contribution in [1.82, 2.24) is 0 Å². The summed E-state index contributed by atoms with van der Waals surface area (Å²) in [4.78, 5) is 12.2. The molecule has 4 nitrogen and oxygen atoms in total. The fourth-order valence-corrected chi connectivity index (χ4v) is 2.75. The number of rotatable bonds is 4. The number of ether oxygens (including phenoxy) is 1. The molecule has 1 amide bonds. The van der Waals surface area contributed by atoms with Gasteiger partial charge in [-0.15, -0.1) is 0 Å². The number of hydrogen-bond donors (Lipinski definition) is 2. The highest BCUT2D eigenvalue weighted by atomic mass is 19.1. The number of benzene rings is 1. The molecule has 2 atom stereocenters. The first-order chi connectivity index (χ1) is 9.56. The summed E-state index contributed by atoms with van der Waals surface area (Å²) in [5.74, 6) is -2.12. The molecule has 0 aliphatic heterocycles. The highest BCUT2D eigenvalue weighted by molar-refractivity contribution is 5.94. The second-order valence-electron chi connectivity index (χ2n) is 4.99. The van der Waals surface area contributed by atoms with Crippen LogP contribution in [-0.2, 0) is 4.79 Å². The number of hydrogen-bond acceptors (Lipinski definition) is 3. The first-order valence-corrected chi connectivity index (χ1v) is 6.60. The molecule has 20 heavy (non-hydrogen) atoms. The molecule has 1 aromatic rings. The molecule has 0 saturated heterocycles. The van der Waals surface area contributed by atoms with Gasteiger partial charge in [0.25, 0.3) is 0 Å². The summed E-state index contributed by atoms with van der Waals surface area (Å²) in [5.41, 5.74) is 5.65. The van der Waals surface area contributed by atoms with Crippen LogP contribution in [0, 0.1) is 23.5 Å². The summed E-state index contributed by atoms with van der Waals surface area (Å²) in [5, 5.41) is 2.55. The number of halogens is 2. The molecule has 1 fully saturated rings. The van der Waals surface area contributed by atoms with Crippen molar-refractivity contribution in [3.05, 3.63) is 23.8 Å². The van der Waals surface area contributed by atoms with Crippen LogP contribution in [0.1, 0.15) is 19.3 Å². The summed E-state index contributed by atoms with van der Waals surface area (Å²) < 4.78 is 31.7. The minimum Gasteiger partial charge on any atom is -0.492 e. The molecule has 1 aliphatic rings. The van der Waals surface area contributed by atoms with Crippen molar-refractivity contribution in [3.8, 4) is 5.75 Å². The van der Waals surface area contributed by atoms with Crippen molar-refractivity contribution in [2.24, 2.45) is 17.6 Å². The fourth-order valence-electron chi connectivity index (χ4n) is 2.75. The van der Waals surface area contributed by atoms with E-state index in [1.54, 1.807) is 0 Å². The molecule has 1 aromatic carbocycles. The largest absolute Gasteiger partial charge is 0.492 e. The summed E-state index contributed by atoms with van der Waals surface area (Å²) in [6.07, 6.45) is 2.59. The van der Waals surface area contributed by atoms with Gasteiger partial charge in [0.1, 0.15) is 5.82 Å². The Morgan fingerprint density at radius 1 is 1.45 bits per heavy atom. The number of nitrogens with two attached hydrogens (primary N) is 1. The molecule has 0 aromatic heterocycles. The van der Waals surface area contributed by atoms with Crippen LogP contribution < -0.4 is 15.8 Å². The molecule has 110 valence electrons. The van der Waals surface area contributed by atoms with Crippen LogP contribution in [0.25, 0.3) is 0 Å². The first-order valence-electron chi connectivity index (χ1n) is 6.60. The van der Waals surface area contributed by atoms with Crippen LogP contribution in [0.3, 0.4) is 0 Å². The second kappa shape index (κ2) is 6.17. The maximum atomic E-state index is 13.5. The summed E-state index contributed by atoms with van der Waals surface area (Å²) in [6.45, 7) is 0.437. The number of carbonyl (C=O) groups excluding carboxylic acids is 1. The Kier molecular flexibility index (Phi) is 4.54. The molecule has 1 saturated carbocycles. The Hall–Kier alpha value is -1.69. The average Bonchev–Trinajstić information content (AvgIpc) is 2.86. The van der Waals surface area contributed by atoms with Gasteiger partial charge < -0.3 is 15.8 Å². The standard InChI is InChI=1S/C14H18F2N2O2/c1-20-13-11(16)5-9(15)6-12(13)18-14(19)10-4-2-3-8(10)7-17/h5-6,8,10H,2-4,7,17H2,1H3,(H,18,19)/t8-,10-/m1/s1. The lowest BCUT2D eigenvalue weighted by Crippen LogP contribution is -2.30. The number of anilines is 1. The van der Waals surface area contributed by atoms with Crippen LogP contribution in [0.5, 0.6) is 5.75 Å². The van der Waals surface area contributed by atoms with Gasteiger partial charge in [0, 0.05) is 18.1 Å². The molecule has 2 rings (SSSR count). The topological polar surface area (TPSA) is 64.3 Å². The average molecular weight is 284 g/mol. The van der Waals surface area contributed by atoms with E-state index in [-0.39, 0.29) is 29.2 Å². The Morgan fingerprint density at radius 2 is 2.20 bits per heavy atom. The maximum absolute atomic E-state index is 13.5. The van der Waals surface area contributed by atoms with Gasteiger partial charge in [0.05, 0.1) is 12.8 Å². The number of amides is 1.